The molecule has 0 aliphatic carbocycles. The maximum Gasteiger partial charge on any atom is 0.257 e. The summed E-state index contributed by atoms with van der Waals surface area (Å²) in [4.78, 5) is 12.2. The molecule has 5 nitrogen and oxygen atoms in total. The molecule has 0 unspecified atom stereocenters. The van der Waals surface area contributed by atoms with Crippen molar-refractivity contribution < 1.29 is 18.8 Å². The molecule has 1 aromatic heterocycles. The lowest BCUT2D eigenvalue weighted by atomic mass is 10.1. The number of aryl methyl sites for hydroxylation is 1. The van der Waals surface area contributed by atoms with Crippen molar-refractivity contribution in [2.45, 2.75) is 110 Å². The number of carbonyl (C=O) groups is 1. The molecule has 0 fully saturated rings. The number of aromatic nitrogens is 1. The van der Waals surface area contributed by atoms with Crippen LogP contribution in [0.2, 0.25) is 5.02 Å². The summed E-state index contributed by atoms with van der Waals surface area (Å²) in [5.74, 6) is 1.06. The summed E-state index contributed by atoms with van der Waals surface area (Å²) < 4.78 is 13.6. The molecule has 0 aliphatic heterocycles. The van der Waals surface area contributed by atoms with Crippen molar-refractivity contribution in [1.29, 1.82) is 0 Å². The topological polar surface area (TPSA) is 51.4 Å². The Morgan fingerprint density at radius 3 is 2.05 bits per heavy atom. The summed E-state index contributed by atoms with van der Waals surface area (Å²) in [7, 11) is 0. The van der Waals surface area contributed by atoms with Crippen molar-refractivity contribution in [1.82, 2.24) is 5.32 Å². The molecule has 0 atom stereocenters. The van der Waals surface area contributed by atoms with Crippen molar-refractivity contribution in [3.8, 4) is 11.5 Å². The van der Waals surface area contributed by atoms with E-state index >= 15 is 0 Å². The number of unbranched alkanes of at least 4 members (excludes halogenated alkanes) is 11. The van der Waals surface area contributed by atoms with Gasteiger partial charge in [-0.1, -0.05) is 96.1 Å². The number of pyridine rings is 1. The number of hydrogen-bond acceptors (Lipinski definition) is 3. The van der Waals surface area contributed by atoms with E-state index in [1.54, 1.807) is 12.1 Å². The molecule has 0 saturated heterocycles. The van der Waals surface area contributed by atoms with E-state index in [0.29, 0.717) is 23.9 Å². The predicted molar refractivity (Wildman–Crippen MR) is 157 cm³/mol. The van der Waals surface area contributed by atoms with Crippen molar-refractivity contribution in [2.24, 2.45) is 0 Å². The fraction of sp³-hybridized carbons (Fsp3) is 0.625. The zero-order chi connectivity index (χ0) is 27.3. The summed E-state index contributed by atoms with van der Waals surface area (Å²) >= 11 is 6.35. The predicted octanol–water partition coefficient (Wildman–Crippen LogP) is 7.86. The van der Waals surface area contributed by atoms with Gasteiger partial charge in [0.05, 0.1) is 11.6 Å². The minimum Gasteiger partial charge on any atom is -0.494 e. The van der Waals surface area contributed by atoms with E-state index < -0.39 is 0 Å². The molecule has 0 radical (unpaired) electrons. The zero-order valence-corrected chi connectivity index (χ0v) is 24.6. The highest BCUT2D eigenvalue weighted by Crippen LogP contribution is 2.29. The van der Waals surface area contributed by atoms with E-state index in [1.165, 1.54) is 76.2 Å². The summed E-state index contributed by atoms with van der Waals surface area (Å²) in [5.41, 5.74) is 1.20. The fourth-order valence-corrected chi connectivity index (χ4v) is 4.65. The molecule has 1 heterocycles. The maximum absolute atomic E-state index is 12.2. The quantitative estimate of drug-likeness (QED) is 0.121. The number of nitrogens with zero attached hydrogens (tertiary/aromatic N) is 1. The normalized spacial score (nSPS) is 10.9. The number of nitrogens with one attached hydrogen (secondary N) is 1. The van der Waals surface area contributed by atoms with Gasteiger partial charge in [0.15, 0.2) is 19.0 Å². The smallest absolute Gasteiger partial charge is 0.257 e. The Bertz CT molecular complexity index is 889. The largest absolute Gasteiger partial charge is 0.494 e. The van der Waals surface area contributed by atoms with Gasteiger partial charge in [-0.2, -0.15) is 0 Å². The van der Waals surface area contributed by atoms with Crippen molar-refractivity contribution in [2.75, 3.05) is 19.8 Å². The van der Waals surface area contributed by atoms with Crippen LogP contribution in [-0.2, 0) is 17.8 Å². The van der Waals surface area contributed by atoms with Crippen LogP contribution in [0.4, 0.5) is 0 Å². The molecule has 38 heavy (non-hydrogen) atoms. The van der Waals surface area contributed by atoms with Gasteiger partial charge in [-0.3, -0.25) is 4.79 Å². The van der Waals surface area contributed by atoms with Crippen LogP contribution in [0, 0.1) is 0 Å². The Morgan fingerprint density at radius 1 is 0.816 bits per heavy atom. The number of rotatable bonds is 22. The van der Waals surface area contributed by atoms with Crippen LogP contribution in [-0.4, -0.2) is 25.7 Å². The van der Waals surface area contributed by atoms with Crippen molar-refractivity contribution in [3.63, 3.8) is 0 Å². The minimum atomic E-state index is -0.162. The van der Waals surface area contributed by atoms with Crippen LogP contribution < -0.4 is 19.4 Å². The first-order valence-corrected chi connectivity index (χ1v) is 15.3. The third-order valence-electron chi connectivity index (χ3n) is 6.71. The summed E-state index contributed by atoms with van der Waals surface area (Å²) in [5, 5.41) is 3.35. The second-order valence-electron chi connectivity index (χ2n) is 10.2. The first kappa shape index (κ1) is 31.9. The SMILES string of the molecule is CCCCCCCCCCCCCCOc1ccc(OCC(=O)NCCc2cc[n+](CCC)cc2)c(Cl)c1. The highest BCUT2D eigenvalue weighted by atomic mass is 35.5. The van der Waals surface area contributed by atoms with Crippen LogP contribution in [0.1, 0.15) is 103 Å². The van der Waals surface area contributed by atoms with Crippen molar-refractivity contribution >= 4 is 17.5 Å². The molecule has 2 aromatic rings. The Balaban J connectivity index is 1.51. The molecule has 1 amide bonds. The lowest BCUT2D eigenvalue weighted by Crippen LogP contribution is -2.33. The standard InChI is InChI=1S/C32H49ClN2O3/c1-3-5-6-7-8-9-10-11-12-13-14-15-25-37-29-16-17-31(30(33)26-29)38-27-32(36)34-21-18-28-19-23-35(22-4-2)24-20-28/h16-17,19-20,23-24,26H,3-15,18,21-22,25,27H2,1-2H3/p+1. The third-order valence-corrected chi connectivity index (χ3v) is 7.00. The second-order valence-corrected chi connectivity index (χ2v) is 10.6. The van der Waals surface area contributed by atoms with Gasteiger partial charge in [0.1, 0.15) is 18.0 Å². The van der Waals surface area contributed by atoms with Crippen LogP contribution in [0.3, 0.4) is 0 Å². The Labute approximate surface area is 236 Å². The fourth-order valence-electron chi connectivity index (χ4n) is 4.42. The number of benzene rings is 1. The summed E-state index contributed by atoms with van der Waals surface area (Å²) in [6, 6.07) is 9.57. The number of carbonyl (C=O) groups excluding carboxylic acids is 1. The molecule has 0 saturated carbocycles. The number of amides is 1. The first-order valence-electron chi connectivity index (χ1n) is 14.9. The van der Waals surface area contributed by atoms with E-state index in [2.05, 4.69) is 48.3 Å². The summed E-state index contributed by atoms with van der Waals surface area (Å²) in [6.07, 6.45) is 22.0. The van der Waals surface area contributed by atoms with Gasteiger partial charge in [0.25, 0.3) is 5.91 Å². The third kappa shape index (κ3) is 14.6. The van der Waals surface area contributed by atoms with Gasteiger partial charge in [-0.25, -0.2) is 4.57 Å². The van der Waals surface area contributed by atoms with E-state index in [4.69, 9.17) is 21.1 Å². The van der Waals surface area contributed by atoms with Crippen LogP contribution in [0.5, 0.6) is 11.5 Å². The monoisotopic (exact) mass is 545 g/mol. The van der Waals surface area contributed by atoms with Gasteiger partial charge >= 0.3 is 0 Å². The molecule has 0 spiro atoms. The highest BCUT2D eigenvalue weighted by Gasteiger charge is 2.08. The minimum absolute atomic E-state index is 0.0654. The Kier molecular flexibility index (Phi) is 17.4. The highest BCUT2D eigenvalue weighted by molar-refractivity contribution is 6.32. The van der Waals surface area contributed by atoms with E-state index in [9.17, 15) is 4.79 Å². The van der Waals surface area contributed by atoms with E-state index in [-0.39, 0.29) is 12.5 Å². The average molecular weight is 546 g/mol. The lowest BCUT2D eigenvalue weighted by Gasteiger charge is -2.11. The molecular formula is C32H50ClN2O3+. The first-order chi connectivity index (χ1) is 18.6. The number of hydrogen-bond donors (Lipinski definition) is 1. The van der Waals surface area contributed by atoms with Crippen molar-refractivity contribution in [3.05, 3.63) is 53.3 Å². The molecule has 0 bridgehead atoms. The van der Waals surface area contributed by atoms with E-state index in [0.717, 1.165) is 31.6 Å². The maximum atomic E-state index is 12.2. The number of ether oxygens (including phenoxy) is 2. The van der Waals surface area contributed by atoms with Gasteiger partial charge in [0, 0.05) is 31.2 Å². The molecule has 2 rings (SSSR count). The van der Waals surface area contributed by atoms with Gasteiger partial charge < -0.3 is 14.8 Å². The molecule has 1 aromatic carbocycles. The average Bonchev–Trinajstić information content (AvgIpc) is 2.92. The molecule has 0 aliphatic rings. The van der Waals surface area contributed by atoms with Gasteiger partial charge in [-0.15, -0.1) is 0 Å². The Hall–Kier alpha value is -2.27. The van der Waals surface area contributed by atoms with Crippen LogP contribution in [0.15, 0.2) is 42.7 Å². The zero-order valence-electron chi connectivity index (χ0n) is 23.8. The molecule has 6 heteroatoms. The Morgan fingerprint density at radius 2 is 1.45 bits per heavy atom. The lowest BCUT2D eigenvalue weighted by molar-refractivity contribution is -0.697. The molecule has 212 valence electrons. The summed E-state index contributed by atoms with van der Waals surface area (Å²) in [6.45, 7) is 6.64. The molecule has 1 N–H and O–H groups in total. The van der Waals surface area contributed by atoms with Crippen LogP contribution >= 0.6 is 11.6 Å². The van der Waals surface area contributed by atoms with Crippen LogP contribution in [0.25, 0.3) is 0 Å². The molecular weight excluding hydrogens is 496 g/mol. The van der Waals surface area contributed by atoms with E-state index in [1.807, 2.05) is 6.07 Å². The number of halogens is 1. The second kappa shape index (κ2) is 20.7. The van der Waals surface area contributed by atoms with Gasteiger partial charge in [-0.05, 0) is 30.5 Å². The van der Waals surface area contributed by atoms with Gasteiger partial charge in [0.2, 0.25) is 0 Å².